The van der Waals surface area contributed by atoms with E-state index in [-0.39, 0.29) is 16.8 Å². The van der Waals surface area contributed by atoms with Crippen LogP contribution in [0.25, 0.3) is 0 Å². The SMILES string of the molecule is CC(C)N(CCNC(=O)c1cccc(S(=O)(=O)N(C)C2CCCCC2)c1)C(C)C. The molecule has 29 heavy (non-hydrogen) atoms. The Balaban J connectivity index is 2.05. The topological polar surface area (TPSA) is 69.7 Å². The molecule has 0 radical (unpaired) electrons. The van der Waals surface area contributed by atoms with Crippen LogP contribution >= 0.6 is 0 Å². The van der Waals surface area contributed by atoms with E-state index in [0.29, 0.717) is 24.2 Å². The average molecular weight is 424 g/mol. The maximum absolute atomic E-state index is 13.0. The maximum atomic E-state index is 13.0. The molecule has 2 rings (SSSR count). The number of carbonyl (C=O) groups is 1. The van der Waals surface area contributed by atoms with Crippen molar-refractivity contribution < 1.29 is 13.2 Å². The molecular weight excluding hydrogens is 386 g/mol. The van der Waals surface area contributed by atoms with E-state index in [1.807, 2.05) is 0 Å². The number of nitrogens with zero attached hydrogens (tertiary/aromatic N) is 2. The number of nitrogens with one attached hydrogen (secondary N) is 1. The lowest BCUT2D eigenvalue weighted by Crippen LogP contribution is -2.42. The Hall–Kier alpha value is -1.44. The Morgan fingerprint density at radius 2 is 1.72 bits per heavy atom. The molecule has 0 aliphatic heterocycles. The Labute approximate surface area is 176 Å². The lowest BCUT2D eigenvalue weighted by Gasteiger charge is -2.30. The lowest BCUT2D eigenvalue weighted by atomic mass is 9.96. The van der Waals surface area contributed by atoms with Crippen LogP contribution in [-0.2, 0) is 10.0 Å². The van der Waals surface area contributed by atoms with Crippen molar-refractivity contribution in [2.75, 3.05) is 20.1 Å². The first-order valence-corrected chi connectivity index (χ1v) is 12.2. The number of hydrogen-bond acceptors (Lipinski definition) is 4. The van der Waals surface area contributed by atoms with Gasteiger partial charge in [0.05, 0.1) is 4.90 Å². The molecule has 1 aromatic rings. The second kappa shape index (κ2) is 10.5. The molecule has 0 saturated heterocycles. The van der Waals surface area contributed by atoms with Gasteiger partial charge in [-0.3, -0.25) is 9.69 Å². The Morgan fingerprint density at radius 1 is 1.10 bits per heavy atom. The van der Waals surface area contributed by atoms with Crippen LogP contribution < -0.4 is 5.32 Å². The zero-order valence-electron chi connectivity index (χ0n) is 18.5. The largest absolute Gasteiger partial charge is 0.351 e. The van der Waals surface area contributed by atoms with E-state index in [4.69, 9.17) is 0 Å². The normalized spacial score (nSPS) is 16.2. The fraction of sp³-hybridized carbons (Fsp3) is 0.682. The van der Waals surface area contributed by atoms with Crippen molar-refractivity contribution in [3.63, 3.8) is 0 Å². The second-order valence-electron chi connectivity index (χ2n) is 8.52. The van der Waals surface area contributed by atoms with Gasteiger partial charge in [0.1, 0.15) is 0 Å². The molecule has 1 N–H and O–H groups in total. The number of rotatable bonds is 9. The van der Waals surface area contributed by atoms with Gasteiger partial charge in [0.15, 0.2) is 0 Å². The Bertz CT molecular complexity index is 763. The maximum Gasteiger partial charge on any atom is 0.251 e. The molecule has 1 saturated carbocycles. The summed E-state index contributed by atoms with van der Waals surface area (Å²) < 4.78 is 27.6. The molecule has 0 unspecified atom stereocenters. The van der Waals surface area contributed by atoms with Gasteiger partial charge in [-0.2, -0.15) is 4.31 Å². The first-order valence-electron chi connectivity index (χ1n) is 10.8. The van der Waals surface area contributed by atoms with Gasteiger partial charge < -0.3 is 5.32 Å². The molecule has 0 bridgehead atoms. The second-order valence-corrected chi connectivity index (χ2v) is 10.5. The number of hydrogen-bond donors (Lipinski definition) is 1. The van der Waals surface area contributed by atoms with Crippen molar-refractivity contribution in [2.24, 2.45) is 0 Å². The predicted octanol–water partition coefficient (Wildman–Crippen LogP) is 3.49. The highest BCUT2D eigenvalue weighted by Gasteiger charge is 2.29. The minimum Gasteiger partial charge on any atom is -0.351 e. The van der Waals surface area contributed by atoms with Crippen molar-refractivity contribution >= 4 is 15.9 Å². The molecule has 1 aliphatic carbocycles. The fourth-order valence-corrected chi connectivity index (χ4v) is 5.58. The van der Waals surface area contributed by atoms with Crippen molar-refractivity contribution in [3.8, 4) is 0 Å². The van der Waals surface area contributed by atoms with Gasteiger partial charge in [-0.1, -0.05) is 25.3 Å². The van der Waals surface area contributed by atoms with Crippen LogP contribution in [0.5, 0.6) is 0 Å². The summed E-state index contributed by atoms with van der Waals surface area (Å²) in [5, 5.41) is 2.92. The van der Waals surface area contributed by atoms with Gasteiger partial charge in [-0.25, -0.2) is 8.42 Å². The highest BCUT2D eigenvalue weighted by atomic mass is 32.2. The standard InChI is InChI=1S/C22H37N3O3S/c1-17(2)25(18(3)4)15-14-23-22(26)19-10-9-13-21(16-19)29(27,28)24(5)20-11-7-6-8-12-20/h9-10,13,16-18,20H,6-8,11-12,14-15H2,1-5H3,(H,23,26). The van der Waals surface area contributed by atoms with Crippen LogP contribution in [0.15, 0.2) is 29.2 Å². The molecule has 0 atom stereocenters. The molecule has 7 heteroatoms. The molecule has 164 valence electrons. The van der Waals surface area contributed by atoms with Gasteiger partial charge in [0, 0.05) is 43.8 Å². The van der Waals surface area contributed by atoms with Crippen LogP contribution in [0.1, 0.15) is 70.2 Å². The van der Waals surface area contributed by atoms with Crippen molar-refractivity contribution in [3.05, 3.63) is 29.8 Å². The smallest absolute Gasteiger partial charge is 0.251 e. The van der Waals surface area contributed by atoms with Crippen LogP contribution in [0.2, 0.25) is 0 Å². The molecule has 1 aromatic carbocycles. The van der Waals surface area contributed by atoms with Crippen LogP contribution in [-0.4, -0.2) is 61.8 Å². The molecular formula is C22H37N3O3S. The minimum absolute atomic E-state index is 0.0456. The molecule has 6 nitrogen and oxygen atoms in total. The zero-order valence-corrected chi connectivity index (χ0v) is 19.3. The Kier molecular flexibility index (Phi) is 8.67. The molecule has 0 aromatic heterocycles. The monoisotopic (exact) mass is 423 g/mol. The predicted molar refractivity (Wildman–Crippen MR) is 118 cm³/mol. The summed E-state index contributed by atoms with van der Waals surface area (Å²) in [7, 11) is -1.95. The molecule has 0 heterocycles. The van der Waals surface area contributed by atoms with Gasteiger partial charge >= 0.3 is 0 Å². The van der Waals surface area contributed by atoms with Crippen molar-refractivity contribution in [1.82, 2.24) is 14.5 Å². The van der Waals surface area contributed by atoms with E-state index < -0.39 is 10.0 Å². The number of amides is 1. The molecule has 1 amide bonds. The van der Waals surface area contributed by atoms with E-state index in [9.17, 15) is 13.2 Å². The summed E-state index contributed by atoms with van der Waals surface area (Å²) in [6, 6.07) is 7.22. The van der Waals surface area contributed by atoms with Crippen molar-refractivity contribution in [2.45, 2.75) is 82.8 Å². The summed E-state index contributed by atoms with van der Waals surface area (Å²) in [5.74, 6) is -0.241. The van der Waals surface area contributed by atoms with Crippen LogP contribution in [0, 0.1) is 0 Å². The van der Waals surface area contributed by atoms with Gasteiger partial charge in [-0.05, 0) is 58.7 Å². The van der Waals surface area contributed by atoms with Gasteiger partial charge in [0.2, 0.25) is 10.0 Å². The average Bonchev–Trinajstić information content (AvgIpc) is 2.70. The van der Waals surface area contributed by atoms with Gasteiger partial charge in [-0.15, -0.1) is 0 Å². The van der Waals surface area contributed by atoms with Crippen molar-refractivity contribution in [1.29, 1.82) is 0 Å². The highest BCUT2D eigenvalue weighted by Crippen LogP contribution is 2.26. The van der Waals surface area contributed by atoms with Crippen LogP contribution in [0.3, 0.4) is 0 Å². The summed E-state index contributed by atoms with van der Waals surface area (Å²) in [6.07, 6.45) is 5.11. The quantitative estimate of drug-likeness (QED) is 0.660. The lowest BCUT2D eigenvalue weighted by molar-refractivity contribution is 0.0939. The molecule has 1 aliphatic rings. The number of carbonyl (C=O) groups excluding carboxylic acids is 1. The third-order valence-corrected chi connectivity index (χ3v) is 7.75. The third-order valence-electron chi connectivity index (χ3n) is 5.84. The summed E-state index contributed by atoms with van der Waals surface area (Å²) in [4.78, 5) is 15.1. The minimum atomic E-state index is -3.61. The Morgan fingerprint density at radius 3 is 2.31 bits per heavy atom. The summed E-state index contributed by atoms with van der Waals surface area (Å²) >= 11 is 0. The van der Waals surface area contributed by atoms with E-state index >= 15 is 0 Å². The highest BCUT2D eigenvalue weighted by molar-refractivity contribution is 7.89. The van der Waals surface area contributed by atoms with E-state index in [0.717, 1.165) is 32.2 Å². The fourth-order valence-electron chi connectivity index (χ4n) is 4.12. The van der Waals surface area contributed by atoms with E-state index in [2.05, 4.69) is 37.9 Å². The third kappa shape index (κ3) is 6.27. The number of sulfonamides is 1. The summed E-state index contributed by atoms with van der Waals surface area (Å²) in [5.41, 5.74) is 0.378. The molecule has 0 spiro atoms. The molecule has 1 fully saturated rings. The summed E-state index contributed by atoms with van der Waals surface area (Å²) in [6.45, 7) is 9.83. The van der Waals surface area contributed by atoms with E-state index in [1.165, 1.54) is 16.8 Å². The van der Waals surface area contributed by atoms with Crippen LogP contribution in [0.4, 0.5) is 0 Å². The van der Waals surface area contributed by atoms with Gasteiger partial charge in [0.25, 0.3) is 5.91 Å². The zero-order chi connectivity index (χ0) is 21.6. The first kappa shape index (κ1) is 23.8. The first-order chi connectivity index (χ1) is 13.6. The number of benzene rings is 1. The van der Waals surface area contributed by atoms with E-state index in [1.54, 1.807) is 25.2 Å².